The molecule has 2 aliphatic rings. The Bertz CT molecular complexity index is 795. The molecule has 2 N–H and O–H groups in total. The molecule has 3 heterocycles. The van der Waals surface area contributed by atoms with Gasteiger partial charge in [0.1, 0.15) is 32.7 Å². The van der Waals surface area contributed by atoms with Gasteiger partial charge >= 0.3 is 0 Å². The third-order valence-corrected chi connectivity index (χ3v) is 6.52. The molecule has 0 unspecified atom stereocenters. The highest BCUT2D eigenvalue weighted by molar-refractivity contribution is 7.16. The number of carbonyl (C=O) groups is 2. The lowest BCUT2D eigenvalue weighted by molar-refractivity contribution is -1.02. The number of nitrogens with one attached hydrogen (secondary N) is 2. The predicted molar refractivity (Wildman–Crippen MR) is 101 cm³/mol. The van der Waals surface area contributed by atoms with Crippen molar-refractivity contribution < 1.29 is 19.4 Å². The number of imide groups is 1. The highest BCUT2D eigenvalue weighted by atomic mass is 35.5. The minimum Gasteiger partial charge on any atom is -0.324 e. The number of carbonyl (C=O) groups excluding carboxylic acids is 2. The summed E-state index contributed by atoms with van der Waals surface area (Å²) in [5.74, 6) is -0.298. The number of fused-ring (bicyclic) bond motifs is 1. The minimum absolute atomic E-state index is 0.149. The Morgan fingerprint density at radius 2 is 1.54 bits per heavy atom. The molecule has 2 amide bonds. The molecule has 0 aliphatic carbocycles. The molecule has 2 aromatic rings. The quantitative estimate of drug-likeness (QED) is 0.704. The maximum atomic E-state index is 12.4. The Kier molecular flexibility index (Phi) is 5.09. The topological polar surface area (TPSA) is 46.3 Å². The lowest BCUT2D eigenvalue weighted by atomic mass is 10.1. The number of piperazine rings is 1. The van der Waals surface area contributed by atoms with Crippen molar-refractivity contribution in [3.05, 3.63) is 56.7 Å². The van der Waals surface area contributed by atoms with E-state index in [1.807, 2.05) is 18.2 Å². The van der Waals surface area contributed by atoms with Gasteiger partial charge in [-0.15, -0.1) is 11.3 Å². The first kappa shape index (κ1) is 17.7. The first-order valence-corrected chi connectivity index (χ1v) is 10.2. The molecule has 1 aromatic heterocycles. The Hall–Kier alpha value is -1.73. The lowest BCUT2D eigenvalue weighted by Gasteiger charge is -2.30. The average molecular weight is 392 g/mol. The van der Waals surface area contributed by atoms with Crippen LogP contribution in [0.3, 0.4) is 0 Å². The van der Waals surface area contributed by atoms with Crippen molar-refractivity contribution in [3.8, 4) is 0 Å². The Morgan fingerprint density at radius 3 is 2.12 bits per heavy atom. The highest BCUT2D eigenvalue weighted by Crippen LogP contribution is 2.22. The third-order valence-electron chi connectivity index (χ3n) is 5.28. The SMILES string of the molecule is O=C1c2ccccc2C(=O)N1CC[NH+]1CC[NH+](Cc2ccc(Cl)s2)CC1. The minimum atomic E-state index is -0.149. The van der Waals surface area contributed by atoms with Crippen LogP contribution >= 0.6 is 22.9 Å². The van der Waals surface area contributed by atoms with Gasteiger partial charge in [-0.25, -0.2) is 0 Å². The summed E-state index contributed by atoms with van der Waals surface area (Å²) in [5.41, 5.74) is 1.08. The van der Waals surface area contributed by atoms with Gasteiger partial charge in [0, 0.05) is 0 Å². The molecule has 136 valence electrons. The van der Waals surface area contributed by atoms with Crippen LogP contribution in [-0.2, 0) is 6.54 Å². The first-order chi connectivity index (χ1) is 12.6. The summed E-state index contributed by atoms with van der Waals surface area (Å²) in [6, 6.07) is 11.2. The van der Waals surface area contributed by atoms with Crippen molar-refractivity contribution >= 4 is 34.8 Å². The number of hydrogen-bond donors (Lipinski definition) is 2. The summed E-state index contributed by atoms with van der Waals surface area (Å²) in [4.78, 5) is 30.6. The smallest absolute Gasteiger partial charge is 0.261 e. The molecule has 4 rings (SSSR count). The zero-order chi connectivity index (χ0) is 18.1. The molecular formula is C19H22ClN3O2S+2. The number of thiophene rings is 1. The second-order valence-electron chi connectivity index (χ2n) is 6.94. The number of quaternary nitrogens is 2. The van der Waals surface area contributed by atoms with E-state index in [4.69, 9.17) is 11.6 Å². The van der Waals surface area contributed by atoms with Gasteiger partial charge in [-0.05, 0) is 24.3 Å². The van der Waals surface area contributed by atoms with E-state index in [0.29, 0.717) is 17.7 Å². The van der Waals surface area contributed by atoms with Crippen molar-refractivity contribution in [2.24, 2.45) is 0 Å². The fourth-order valence-electron chi connectivity index (χ4n) is 3.79. The molecule has 0 bridgehead atoms. The second kappa shape index (κ2) is 7.48. The molecule has 1 fully saturated rings. The van der Waals surface area contributed by atoms with Gasteiger partial charge in [0.2, 0.25) is 0 Å². The maximum absolute atomic E-state index is 12.4. The summed E-state index contributed by atoms with van der Waals surface area (Å²) in [5, 5.41) is 0. The number of benzene rings is 1. The molecule has 0 radical (unpaired) electrons. The van der Waals surface area contributed by atoms with Gasteiger partial charge in [-0.1, -0.05) is 23.7 Å². The zero-order valence-electron chi connectivity index (χ0n) is 14.5. The van der Waals surface area contributed by atoms with Crippen molar-refractivity contribution in [1.29, 1.82) is 0 Å². The molecule has 0 atom stereocenters. The standard InChI is InChI=1S/C19H20ClN3O2S/c20-17-6-5-14(26-17)13-22-9-7-21(8-10-22)11-12-23-18(24)15-3-1-2-4-16(15)19(23)25/h1-6H,7-13H2/p+2. The molecule has 2 aliphatic heterocycles. The molecule has 0 spiro atoms. The third kappa shape index (κ3) is 3.55. The van der Waals surface area contributed by atoms with Crippen LogP contribution in [0.1, 0.15) is 25.6 Å². The Balaban J connectivity index is 1.27. The van der Waals surface area contributed by atoms with Crippen molar-refractivity contribution in [2.45, 2.75) is 6.54 Å². The normalized spacial score (nSPS) is 22.7. The molecule has 0 saturated carbocycles. The van der Waals surface area contributed by atoms with Gasteiger partial charge in [-0.2, -0.15) is 0 Å². The highest BCUT2D eigenvalue weighted by Gasteiger charge is 2.36. The molecular weight excluding hydrogens is 370 g/mol. The van der Waals surface area contributed by atoms with Gasteiger partial charge in [0.05, 0.1) is 33.4 Å². The molecule has 1 saturated heterocycles. The van der Waals surface area contributed by atoms with E-state index in [1.54, 1.807) is 28.4 Å². The lowest BCUT2D eigenvalue weighted by Crippen LogP contribution is -3.27. The number of halogens is 1. The molecule has 1 aromatic carbocycles. The number of nitrogens with zero attached hydrogens (tertiary/aromatic N) is 1. The van der Waals surface area contributed by atoms with E-state index in [2.05, 4.69) is 6.07 Å². The summed E-state index contributed by atoms with van der Waals surface area (Å²) < 4.78 is 0.851. The van der Waals surface area contributed by atoms with E-state index in [0.717, 1.165) is 43.6 Å². The predicted octanol–water partition coefficient (Wildman–Crippen LogP) is -0.0189. The van der Waals surface area contributed by atoms with Crippen LogP contribution < -0.4 is 9.80 Å². The zero-order valence-corrected chi connectivity index (χ0v) is 16.0. The van der Waals surface area contributed by atoms with Gasteiger partial charge in [0.15, 0.2) is 0 Å². The molecule has 26 heavy (non-hydrogen) atoms. The van der Waals surface area contributed by atoms with E-state index < -0.39 is 0 Å². The summed E-state index contributed by atoms with van der Waals surface area (Å²) >= 11 is 7.67. The van der Waals surface area contributed by atoms with E-state index in [9.17, 15) is 9.59 Å². The van der Waals surface area contributed by atoms with Gasteiger partial charge in [-0.3, -0.25) is 14.5 Å². The number of hydrogen-bond acceptors (Lipinski definition) is 3. The average Bonchev–Trinajstić information content (AvgIpc) is 3.17. The van der Waals surface area contributed by atoms with Crippen molar-refractivity contribution in [2.75, 3.05) is 39.3 Å². The van der Waals surface area contributed by atoms with Crippen LogP contribution in [0.5, 0.6) is 0 Å². The maximum Gasteiger partial charge on any atom is 0.261 e. The van der Waals surface area contributed by atoms with Crippen LogP contribution in [0, 0.1) is 0 Å². The number of amides is 2. The Labute approximate surface area is 161 Å². The van der Waals surface area contributed by atoms with Crippen LogP contribution in [0.2, 0.25) is 4.34 Å². The fourth-order valence-corrected chi connectivity index (χ4v) is 4.95. The van der Waals surface area contributed by atoms with Gasteiger partial charge in [0.25, 0.3) is 11.8 Å². The van der Waals surface area contributed by atoms with Crippen molar-refractivity contribution in [3.63, 3.8) is 0 Å². The molecule has 7 heteroatoms. The fraction of sp³-hybridized carbons (Fsp3) is 0.368. The monoisotopic (exact) mass is 391 g/mol. The Morgan fingerprint density at radius 1 is 0.923 bits per heavy atom. The van der Waals surface area contributed by atoms with E-state index in [1.165, 1.54) is 14.7 Å². The number of rotatable bonds is 5. The summed E-state index contributed by atoms with van der Waals surface area (Å²) in [7, 11) is 0. The van der Waals surface area contributed by atoms with Crippen LogP contribution in [0.15, 0.2) is 36.4 Å². The van der Waals surface area contributed by atoms with Crippen LogP contribution in [0.4, 0.5) is 0 Å². The van der Waals surface area contributed by atoms with E-state index in [-0.39, 0.29) is 11.8 Å². The van der Waals surface area contributed by atoms with Crippen LogP contribution in [-0.4, -0.2) is 56.0 Å². The van der Waals surface area contributed by atoms with Gasteiger partial charge < -0.3 is 9.80 Å². The first-order valence-electron chi connectivity index (χ1n) is 8.98. The largest absolute Gasteiger partial charge is 0.324 e. The summed E-state index contributed by atoms with van der Waals surface area (Å²) in [6.45, 7) is 6.69. The molecule has 5 nitrogen and oxygen atoms in total. The van der Waals surface area contributed by atoms with Crippen molar-refractivity contribution in [1.82, 2.24) is 4.90 Å². The summed E-state index contributed by atoms with van der Waals surface area (Å²) in [6.07, 6.45) is 0. The van der Waals surface area contributed by atoms with Crippen LogP contribution in [0.25, 0.3) is 0 Å². The van der Waals surface area contributed by atoms with E-state index >= 15 is 0 Å². The second-order valence-corrected chi connectivity index (χ2v) is 8.74.